The van der Waals surface area contributed by atoms with Crippen molar-refractivity contribution in [2.75, 3.05) is 13.1 Å². The van der Waals surface area contributed by atoms with Crippen LogP contribution in [0.2, 0.25) is 0 Å². The molecule has 30 heavy (non-hydrogen) atoms. The van der Waals surface area contributed by atoms with Gasteiger partial charge in [-0.25, -0.2) is 0 Å². The van der Waals surface area contributed by atoms with Crippen molar-refractivity contribution in [3.63, 3.8) is 0 Å². The number of hydrogen-bond donors (Lipinski definition) is 0. The normalized spacial score (nSPS) is 22.9. The molecular weight excluding hydrogens is 370 g/mol. The zero-order chi connectivity index (χ0) is 21.6. The fraction of sp³-hybridized carbons (Fsp3) is 0.926. The Hall–Kier alpha value is -0.860. The summed E-state index contributed by atoms with van der Waals surface area (Å²) in [6.45, 7) is 6.30. The van der Waals surface area contributed by atoms with E-state index in [1.807, 2.05) is 0 Å². The number of ketones is 1. The van der Waals surface area contributed by atoms with Crippen LogP contribution in [0.3, 0.4) is 0 Å². The lowest BCUT2D eigenvalue weighted by atomic mass is 9.77. The molecule has 1 heterocycles. The van der Waals surface area contributed by atoms with Gasteiger partial charge in [0.15, 0.2) is 0 Å². The minimum atomic E-state index is 0.360. The monoisotopic (exact) mass is 419 g/mol. The van der Waals surface area contributed by atoms with Crippen LogP contribution in [0.4, 0.5) is 0 Å². The zero-order valence-corrected chi connectivity index (χ0v) is 20.1. The third-order valence-corrected chi connectivity index (χ3v) is 7.73. The number of nitrogens with zero attached hydrogens (tertiary/aromatic N) is 1. The molecule has 0 bridgehead atoms. The predicted octanol–water partition coefficient (Wildman–Crippen LogP) is 7.32. The van der Waals surface area contributed by atoms with Gasteiger partial charge in [-0.3, -0.25) is 9.59 Å². The fourth-order valence-electron chi connectivity index (χ4n) is 5.60. The van der Waals surface area contributed by atoms with Crippen LogP contribution in [0, 0.1) is 17.8 Å². The Kier molecular flexibility index (Phi) is 12.7. The number of amides is 1. The van der Waals surface area contributed by atoms with Crippen molar-refractivity contribution in [1.82, 2.24) is 4.90 Å². The summed E-state index contributed by atoms with van der Waals surface area (Å²) in [5.41, 5.74) is 0. The van der Waals surface area contributed by atoms with Gasteiger partial charge >= 0.3 is 0 Å². The van der Waals surface area contributed by atoms with E-state index in [1.54, 1.807) is 0 Å². The van der Waals surface area contributed by atoms with Gasteiger partial charge in [0.25, 0.3) is 0 Å². The highest BCUT2D eigenvalue weighted by molar-refractivity contribution is 5.81. The third-order valence-electron chi connectivity index (χ3n) is 7.73. The van der Waals surface area contributed by atoms with Crippen molar-refractivity contribution in [2.24, 2.45) is 17.8 Å². The van der Waals surface area contributed by atoms with Crippen molar-refractivity contribution in [2.45, 2.75) is 129 Å². The molecule has 3 heteroatoms. The molecule has 3 nitrogen and oxygen atoms in total. The van der Waals surface area contributed by atoms with Crippen molar-refractivity contribution in [1.29, 1.82) is 0 Å². The highest BCUT2D eigenvalue weighted by Gasteiger charge is 2.26. The molecule has 0 aromatic rings. The van der Waals surface area contributed by atoms with E-state index >= 15 is 0 Å². The van der Waals surface area contributed by atoms with Crippen LogP contribution in [-0.4, -0.2) is 29.7 Å². The molecule has 2 fully saturated rings. The van der Waals surface area contributed by atoms with Crippen molar-refractivity contribution >= 4 is 11.7 Å². The van der Waals surface area contributed by atoms with Gasteiger partial charge in [-0.2, -0.15) is 0 Å². The second-order valence-electron chi connectivity index (χ2n) is 10.2. The average molecular weight is 420 g/mol. The van der Waals surface area contributed by atoms with Crippen LogP contribution in [0.15, 0.2) is 0 Å². The largest absolute Gasteiger partial charge is 0.343 e. The van der Waals surface area contributed by atoms with Crippen LogP contribution in [0.5, 0.6) is 0 Å². The quantitative estimate of drug-likeness (QED) is 0.277. The lowest BCUT2D eigenvalue weighted by Gasteiger charge is -2.32. The number of hydrogen-bond acceptors (Lipinski definition) is 2. The van der Waals surface area contributed by atoms with Gasteiger partial charge in [0, 0.05) is 31.8 Å². The molecule has 1 saturated heterocycles. The molecule has 2 aliphatic rings. The molecule has 0 aromatic carbocycles. The molecule has 2 rings (SSSR count). The highest BCUT2D eigenvalue weighted by atomic mass is 16.2. The Bertz CT molecular complexity index is 473. The number of piperidine rings is 1. The number of likely N-dealkylation sites (tertiary alicyclic amines) is 1. The Morgan fingerprint density at radius 2 is 1.27 bits per heavy atom. The molecule has 0 unspecified atom stereocenters. The van der Waals surface area contributed by atoms with Gasteiger partial charge in [0.1, 0.15) is 5.78 Å². The van der Waals surface area contributed by atoms with E-state index < -0.39 is 0 Å². The maximum absolute atomic E-state index is 12.5. The Morgan fingerprint density at radius 3 is 1.90 bits per heavy atom. The summed E-state index contributed by atoms with van der Waals surface area (Å²) in [4.78, 5) is 26.6. The molecule has 0 aromatic heterocycles. The first-order chi connectivity index (χ1) is 14.6. The van der Waals surface area contributed by atoms with Crippen LogP contribution in [-0.2, 0) is 9.59 Å². The van der Waals surface area contributed by atoms with E-state index in [4.69, 9.17) is 0 Å². The molecular formula is C27H49NO2. The lowest BCUT2D eigenvalue weighted by Crippen LogP contribution is -2.38. The summed E-state index contributed by atoms with van der Waals surface area (Å²) in [5, 5.41) is 0. The van der Waals surface area contributed by atoms with E-state index in [-0.39, 0.29) is 0 Å². The number of unbranched alkanes of at least 4 members (excludes halogenated alkanes) is 5. The first-order valence-corrected chi connectivity index (χ1v) is 13.4. The molecule has 0 atom stereocenters. The molecule has 1 aliphatic carbocycles. The molecule has 174 valence electrons. The van der Waals surface area contributed by atoms with E-state index in [2.05, 4.69) is 18.7 Å². The van der Waals surface area contributed by atoms with Gasteiger partial charge < -0.3 is 4.90 Å². The number of Topliss-reactive ketones (excluding diaryl/α,β-unsaturated/α-hetero) is 1. The van der Waals surface area contributed by atoms with Crippen molar-refractivity contribution < 1.29 is 9.59 Å². The Morgan fingerprint density at radius 1 is 0.667 bits per heavy atom. The van der Waals surface area contributed by atoms with E-state index in [9.17, 15) is 9.59 Å². The Labute approximate surface area is 186 Å². The molecule has 1 saturated carbocycles. The third kappa shape index (κ3) is 9.52. The minimum Gasteiger partial charge on any atom is -0.343 e. The average Bonchev–Trinajstić information content (AvgIpc) is 2.77. The van der Waals surface area contributed by atoms with Crippen LogP contribution in [0.25, 0.3) is 0 Å². The van der Waals surface area contributed by atoms with E-state index in [0.717, 1.165) is 63.5 Å². The number of carbonyl (C=O) groups excluding carboxylic acids is 2. The molecule has 0 N–H and O–H groups in total. The van der Waals surface area contributed by atoms with Gasteiger partial charge in [0.2, 0.25) is 5.91 Å². The van der Waals surface area contributed by atoms with Crippen LogP contribution >= 0.6 is 0 Å². The predicted molar refractivity (Wildman–Crippen MR) is 127 cm³/mol. The molecule has 0 spiro atoms. The van der Waals surface area contributed by atoms with Gasteiger partial charge in [-0.1, -0.05) is 65.2 Å². The number of carbonyl (C=O) groups is 2. The summed E-state index contributed by atoms with van der Waals surface area (Å²) < 4.78 is 0. The summed E-state index contributed by atoms with van der Waals surface area (Å²) >= 11 is 0. The smallest absolute Gasteiger partial charge is 0.222 e. The summed E-state index contributed by atoms with van der Waals surface area (Å²) in [6, 6.07) is 0. The van der Waals surface area contributed by atoms with Gasteiger partial charge in [-0.15, -0.1) is 0 Å². The Balaban J connectivity index is 1.49. The fourth-order valence-corrected chi connectivity index (χ4v) is 5.60. The molecule has 1 amide bonds. The van der Waals surface area contributed by atoms with E-state index in [1.165, 1.54) is 77.0 Å². The summed E-state index contributed by atoms with van der Waals surface area (Å²) in [6.07, 6.45) is 21.5. The maximum Gasteiger partial charge on any atom is 0.222 e. The first kappa shape index (κ1) is 25.4. The van der Waals surface area contributed by atoms with Crippen molar-refractivity contribution in [3.8, 4) is 0 Å². The minimum absolute atomic E-state index is 0.360. The highest BCUT2D eigenvalue weighted by Crippen LogP contribution is 2.34. The SMILES string of the molecule is CCCCCCCCC(=O)C1CCC(CCCC2CCN(C(=O)CCC)CC2)CC1. The summed E-state index contributed by atoms with van der Waals surface area (Å²) in [5.74, 6) is 2.98. The topological polar surface area (TPSA) is 37.4 Å². The molecule has 0 radical (unpaired) electrons. The van der Waals surface area contributed by atoms with Crippen LogP contribution < -0.4 is 0 Å². The van der Waals surface area contributed by atoms with E-state index in [0.29, 0.717) is 17.6 Å². The van der Waals surface area contributed by atoms with Crippen molar-refractivity contribution in [3.05, 3.63) is 0 Å². The van der Waals surface area contributed by atoms with Gasteiger partial charge in [-0.05, 0) is 63.2 Å². The number of rotatable bonds is 14. The second-order valence-corrected chi connectivity index (χ2v) is 10.2. The van der Waals surface area contributed by atoms with Gasteiger partial charge in [0.05, 0.1) is 0 Å². The molecule has 1 aliphatic heterocycles. The summed E-state index contributed by atoms with van der Waals surface area (Å²) in [7, 11) is 0. The van der Waals surface area contributed by atoms with Crippen LogP contribution in [0.1, 0.15) is 129 Å². The standard InChI is InChI=1S/C27H49NO2/c1-3-5-6-7-8-9-14-26(29)25-17-15-23(16-18-25)12-10-13-24-19-21-28(22-20-24)27(30)11-4-2/h23-25H,3-22H2,1-2H3. The zero-order valence-electron chi connectivity index (χ0n) is 20.1. The maximum atomic E-state index is 12.5. The lowest BCUT2D eigenvalue weighted by molar-refractivity contribution is -0.132. The second kappa shape index (κ2) is 15.0. The first-order valence-electron chi connectivity index (χ1n) is 13.4.